The Bertz CT molecular complexity index is 1100. The fourth-order valence-electron chi connectivity index (χ4n) is 4.29. The molecule has 0 radical (unpaired) electrons. The van der Waals surface area contributed by atoms with Crippen molar-refractivity contribution in [3.63, 3.8) is 0 Å². The zero-order valence-corrected chi connectivity index (χ0v) is 18.5. The Kier molecular flexibility index (Phi) is 6.23. The van der Waals surface area contributed by atoms with E-state index in [0.29, 0.717) is 19.1 Å². The zero-order chi connectivity index (χ0) is 22.0. The number of fused-ring (bicyclic) bond motifs is 1. The van der Waals surface area contributed by atoms with Gasteiger partial charge in [0.25, 0.3) is 5.91 Å². The molecule has 5 heteroatoms. The number of nitrogens with zero attached hydrogens (tertiary/aromatic N) is 2. The van der Waals surface area contributed by atoms with Crippen molar-refractivity contribution in [1.29, 1.82) is 0 Å². The predicted molar refractivity (Wildman–Crippen MR) is 124 cm³/mol. The van der Waals surface area contributed by atoms with E-state index in [1.165, 1.54) is 23.3 Å². The monoisotopic (exact) mass is 419 g/mol. The van der Waals surface area contributed by atoms with Crippen LogP contribution in [0.4, 0.5) is 4.39 Å². The molecule has 4 nitrogen and oxygen atoms in total. The Morgan fingerprint density at radius 2 is 1.97 bits per heavy atom. The van der Waals surface area contributed by atoms with Gasteiger partial charge in [-0.15, -0.1) is 0 Å². The van der Waals surface area contributed by atoms with Crippen molar-refractivity contribution < 1.29 is 9.18 Å². The number of hydrogen-bond donors (Lipinski definition) is 1. The van der Waals surface area contributed by atoms with E-state index in [2.05, 4.69) is 48.9 Å². The van der Waals surface area contributed by atoms with Crippen molar-refractivity contribution >= 4 is 22.4 Å². The third kappa shape index (κ3) is 4.57. The smallest absolute Gasteiger partial charge is 0.254 e. The van der Waals surface area contributed by atoms with Crippen LogP contribution in [0, 0.1) is 5.82 Å². The molecule has 0 spiro atoms. The fourth-order valence-corrected chi connectivity index (χ4v) is 4.29. The van der Waals surface area contributed by atoms with Crippen LogP contribution in [0.25, 0.3) is 16.5 Å². The summed E-state index contributed by atoms with van der Waals surface area (Å²) < 4.78 is 13.4. The van der Waals surface area contributed by atoms with E-state index in [9.17, 15) is 9.18 Å². The summed E-state index contributed by atoms with van der Waals surface area (Å²) >= 11 is 0. The highest BCUT2D eigenvalue weighted by Crippen LogP contribution is 2.30. The molecule has 4 rings (SSSR count). The van der Waals surface area contributed by atoms with Gasteiger partial charge in [-0.05, 0) is 68.3 Å². The van der Waals surface area contributed by atoms with Gasteiger partial charge >= 0.3 is 0 Å². The quantitative estimate of drug-likeness (QED) is 0.576. The number of carbonyl (C=O) groups excluding carboxylic acids is 1. The highest BCUT2D eigenvalue weighted by Gasteiger charge is 2.21. The molecule has 0 fully saturated rings. The van der Waals surface area contributed by atoms with Crippen molar-refractivity contribution in [3.05, 3.63) is 77.2 Å². The van der Waals surface area contributed by atoms with E-state index in [4.69, 9.17) is 0 Å². The van der Waals surface area contributed by atoms with E-state index >= 15 is 0 Å². The second-order valence-electron chi connectivity index (χ2n) is 8.48. The topological polar surface area (TPSA) is 39.3 Å². The van der Waals surface area contributed by atoms with E-state index < -0.39 is 0 Å². The lowest BCUT2D eigenvalue weighted by Gasteiger charge is -2.27. The van der Waals surface area contributed by atoms with Crippen molar-refractivity contribution in [2.75, 3.05) is 19.6 Å². The molecule has 0 saturated heterocycles. The maximum Gasteiger partial charge on any atom is 0.254 e. The summed E-state index contributed by atoms with van der Waals surface area (Å²) in [5.74, 6) is -0.174. The molecular weight excluding hydrogens is 389 g/mol. The molecule has 162 valence electrons. The molecule has 1 amide bonds. The molecule has 0 saturated carbocycles. The van der Waals surface area contributed by atoms with Crippen LogP contribution in [-0.2, 0) is 6.54 Å². The average Bonchev–Trinajstić information content (AvgIpc) is 3.20. The van der Waals surface area contributed by atoms with Crippen LogP contribution in [-0.4, -0.2) is 46.4 Å². The van der Waals surface area contributed by atoms with Crippen LogP contribution >= 0.6 is 0 Å². The van der Waals surface area contributed by atoms with Gasteiger partial charge in [0.2, 0.25) is 0 Å². The highest BCUT2D eigenvalue weighted by molar-refractivity contribution is 5.96. The third-order valence-electron chi connectivity index (χ3n) is 6.21. The Morgan fingerprint density at radius 3 is 2.61 bits per heavy atom. The van der Waals surface area contributed by atoms with Gasteiger partial charge in [-0.3, -0.25) is 9.69 Å². The first-order valence-corrected chi connectivity index (χ1v) is 11.0. The summed E-state index contributed by atoms with van der Waals surface area (Å²) in [6, 6.07) is 13.3. The molecule has 0 atom stereocenters. The standard InChI is InChI=1S/C26H30FN3O/c1-4-29(18(2)3)17-19-5-7-21(8-6-19)26(31)30-13-11-20(12-14-30)24-16-28-25-15-22(27)9-10-23(24)25/h5-11,15-16,18,28H,4,12-14,17H2,1-3H3. The second-order valence-corrected chi connectivity index (χ2v) is 8.48. The first kappa shape index (κ1) is 21.3. The second kappa shape index (κ2) is 9.06. The number of carbonyl (C=O) groups is 1. The first-order chi connectivity index (χ1) is 15.0. The van der Waals surface area contributed by atoms with Crippen molar-refractivity contribution in [2.45, 2.75) is 39.8 Å². The third-order valence-corrected chi connectivity index (χ3v) is 6.21. The molecule has 3 aromatic rings. The van der Waals surface area contributed by atoms with Crippen LogP contribution in [0.3, 0.4) is 0 Å². The van der Waals surface area contributed by atoms with Gasteiger partial charge in [-0.25, -0.2) is 4.39 Å². The summed E-state index contributed by atoms with van der Waals surface area (Å²) in [5.41, 5.74) is 5.05. The SMILES string of the molecule is CCN(Cc1ccc(C(=O)N2CC=C(c3c[nH]c4cc(F)ccc34)CC2)cc1)C(C)C. The van der Waals surface area contributed by atoms with Crippen molar-refractivity contribution in [3.8, 4) is 0 Å². The Morgan fingerprint density at radius 1 is 1.19 bits per heavy atom. The van der Waals surface area contributed by atoms with Crippen LogP contribution in [0.2, 0.25) is 0 Å². The maximum atomic E-state index is 13.4. The number of H-pyrrole nitrogens is 1. The largest absolute Gasteiger partial charge is 0.360 e. The number of rotatable bonds is 6. The molecule has 1 aromatic heterocycles. The van der Waals surface area contributed by atoms with E-state index in [1.807, 2.05) is 29.3 Å². The molecule has 31 heavy (non-hydrogen) atoms. The van der Waals surface area contributed by atoms with Crippen molar-refractivity contribution in [2.24, 2.45) is 0 Å². The predicted octanol–water partition coefficient (Wildman–Crippen LogP) is 5.47. The minimum atomic E-state index is -0.243. The number of halogens is 1. The van der Waals surface area contributed by atoms with Crippen LogP contribution in [0.1, 0.15) is 48.7 Å². The summed E-state index contributed by atoms with van der Waals surface area (Å²) in [5, 5.41) is 1.02. The lowest BCUT2D eigenvalue weighted by molar-refractivity contribution is 0.0773. The van der Waals surface area contributed by atoms with E-state index in [0.717, 1.165) is 41.5 Å². The Balaban J connectivity index is 1.43. The fraction of sp³-hybridized carbons (Fsp3) is 0.346. The number of benzene rings is 2. The van der Waals surface area contributed by atoms with Crippen LogP contribution in [0.15, 0.2) is 54.7 Å². The molecule has 2 heterocycles. The average molecular weight is 420 g/mol. The van der Waals surface area contributed by atoms with E-state index in [-0.39, 0.29) is 11.7 Å². The number of aromatic nitrogens is 1. The molecule has 0 bridgehead atoms. The minimum absolute atomic E-state index is 0.0686. The van der Waals surface area contributed by atoms with Gasteiger partial charge in [-0.2, -0.15) is 0 Å². The molecule has 1 aliphatic heterocycles. The van der Waals surface area contributed by atoms with Gasteiger partial charge in [0.1, 0.15) is 5.82 Å². The molecule has 0 unspecified atom stereocenters. The Hall–Kier alpha value is -2.92. The minimum Gasteiger partial charge on any atom is -0.360 e. The number of aromatic amines is 1. The van der Waals surface area contributed by atoms with Crippen LogP contribution < -0.4 is 0 Å². The molecule has 0 aliphatic carbocycles. The van der Waals surface area contributed by atoms with Gasteiger partial charge in [0, 0.05) is 53.9 Å². The summed E-state index contributed by atoms with van der Waals surface area (Å²) in [7, 11) is 0. The summed E-state index contributed by atoms with van der Waals surface area (Å²) in [4.78, 5) is 20.4. The van der Waals surface area contributed by atoms with Crippen molar-refractivity contribution in [1.82, 2.24) is 14.8 Å². The summed E-state index contributed by atoms with van der Waals surface area (Å²) in [6.45, 7) is 9.74. The van der Waals surface area contributed by atoms with E-state index in [1.54, 1.807) is 0 Å². The van der Waals surface area contributed by atoms with Gasteiger partial charge in [0.15, 0.2) is 0 Å². The highest BCUT2D eigenvalue weighted by atomic mass is 19.1. The van der Waals surface area contributed by atoms with Crippen LogP contribution in [0.5, 0.6) is 0 Å². The lowest BCUT2D eigenvalue weighted by Crippen LogP contribution is -2.34. The normalized spacial score (nSPS) is 14.5. The Labute approximate surface area is 183 Å². The molecule has 1 aliphatic rings. The number of hydrogen-bond acceptors (Lipinski definition) is 2. The first-order valence-electron chi connectivity index (χ1n) is 11.0. The maximum absolute atomic E-state index is 13.4. The van der Waals surface area contributed by atoms with Gasteiger partial charge in [0.05, 0.1) is 0 Å². The zero-order valence-electron chi connectivity index (χ0n) is 18.5. The molecule has 2 aromatic carbocycles. The molecule has 1 N–H and O–H groups in total. The number of nitrogens with one attached hydrogen (secondary N) is 1. The number of amides is 1. The molecular formula is C26H30FN3O. The summed E-state index contributed by atoms with van der Waals surface area (Å²) in [6.07, 6.45) is 4.83. The lowest BCUT2D eigenvalue weighted by atomic mass is 9.98. The van der Waals surface area contributed by atoms with Gasteiger partial charge in [-0.1, -0.05) is 25.1 Å². The van der Waals surface area contributed by atoms with Gasteiger partial charge < -0.3 is 9.88 Å².